The average molecular weight is 301 g/mol. The smallest absolute Gasteiger partial charge is 0.347 e. The molecule has 12 heavy (non-hydrogen) atoms. The van der Waals surface area contributed by atoms with Crippen molar-refractivity contribution >= 4 is 37.8 Å². The number of carbonyl (C=O) groups excluding carboxylic acids is 1. The van der Waals surface area contributed by atoms with Gasteiger partial charge < -0.3 is 4.74 Å². The van der Waals surface area contributed by atoms with Crippen LogP contribution in [0.1, 0.15) is 0 Å². The van der Waals surface area contributed by atoms with Gasteiger partial charge in [-0.05, 0) is 31.9 Å². The number of carbonyl (C=O) groups is 1. The summed E-state index contributed by atoms with van der Waals surface area (Å²) in [7, 11) is 0. The quantitative estimate of drug-likeness (QED) is 0.436. The van der Waals surface area contributed by atoms with E-state index in [1.165, 1.54) is 0 Å². The molecule has 0 unspecified atom stereocenters. The summed E-state index contributed by atoms with van der Waals surface area (Å²) in [6.45, 7) is -0.415. The highest BCUT2D eigenvalue weighted by atomic mass is 79.9. The largest absolute Gasteiger partial charge is 0.446 e. The highest BCUT2D eigenvalue weighted by Crippen LogP contribution is 2.31. The fourth-order valence-corrected chi connectivity index (χ4v) is 1.47. The van der Waals surface area contributed by atoms with Gasteiger partial charge in [0.25, 0.3) is 0 Å². The first-order valence-corrected chi connectivity index (χ1v) is 4.49. The molecule has 0 spiro atoms. The van der Waals surface area contributed by atoms with Crippen molar-refractivity contribution in [2.24, 2.45) is 0 Å². The number of hydrogen-bond acceptors (Lipinski definition) is 4. The van der Waals surface area contributed by atoms with Crippen molar-refractivity contribution in [2.45, 2.75) is 6.10 Å². The number of hydrogen-bond donors (Lipinski definition) is 0. The third kappa shape index (κ3) is 1.84. The Labute approximate surface area is 84.2 Å². The van der Waals surface area contributed by atoms with Gasteiger partial charge in [-0.3, -0.25) is 10.1 Å². The summed E-state index contributed by atoms with van der Waals surface area (Å²) < 4.78 is 5.26. The molecule has 5 nitrogen and oxygen atoms in total. The number of halogens is 2. The van der Waals surface area contributed by atoms with Crippen LogP contribution in [0.4, 0.5) is 0 Å². The number of nitro groups is 1. The third-order valence-electron chi connectivity index (χ3n) is 1.24. The fourth-order valence-electron chi connectivity index (χ4n) is 0.724. The van der Waals surface area contributed by atoms with Crippen molar-refractivity contribution in [3.8, 4) is 0 Å². The summed E-state index contributed by atoms with van der Waals surface area (Å²) in [4.78, 5) is 20.3. The van der Waals surface area contributed by atoms with Crippen molar-refractivity contribution in [3.63, 3.8) is 0 Å². The van der Waals surface area contributed by atoms with E-state index in [0.717, 1.165) is 0 Å². The Hall–Kier alpha value is -0.430. The molecule has 0 amide bonds. The van der Waals surface area contributed by atoms with Crippen molar-refractivity contribution < 1.29 is 14.5 Å². The maximum absolute atomic E-state index is 10.8. The van der Waals surface area contributed by atoms with Gasteiger partial charge in [0.1, 0.15) is 4.48 Å². The van der Waals surface area contributed by atoms with Crippen LogP contribution < -0.4 is 0 Å². The molecule has 0 fully saturated rings. The van der Waals surface area contributed by atoms with Crippen LogP contribution in [0.15, 0.2) is 8.96 Å². The first-order chi connectivity index (χ1) is 5.52. The number of ether oxygens (including phenoxy) is 1. The minimum absolute atomic E-state index is 0.217. The zero-order valence-corrected chi connectivity index (χ0v) is 8.79. The molecule has 1 rings (SSSR count). The molecule has 7 heteroatoms. The van der Waals surface area contributed by atoms with Crippen LogP contribution in [0.25, 0.3) is 0 Å². The molecule has 0 saturated heterocycles. The van der Waals surface area contributed by atoms with Gasteiger partial charge in [0, 0.05) is 4.92 Å². The van der Waals surface area contributed by atoms with E-state index in [-0.39, 0.29) is 4.48 Å². The van der Waals surface area contributed by atoms with Gasteiger partial charge in [0.15, 0.2) is 6.10 Å². The van der Waals surface area contributed by atoms with Crippen molar-refractivity contribution in [1.29, 1.82) is 0 Å². The summed E-state index contributed by atoms with van der Waals surface area (Å²) in [6.07, 6.45) is -0.790. The molecular formula is C5H3Br2NO4. The Bertz CT molecular complexity index is 275. The molecule has 0 aromatic rings. The minimum atomic E-state index is -0.790. The molecule has 66 valence electrons. The van der Waals surface area contributed by atoms with Gasteiger partial charge in [-0.1, -0.05) is 0 Å². The summed E-state index contributed by atoms with van der Waals surface area (Å²) in [5.74, 6) is -0.575. The van der Waals surface area contributed by atoms with Crippen LogP contribution in [0.3, 0.4) is 0 Å². The van der Waals surface area contributed by atoms with Gasteiger partial charge in [-0.15, -0.1) is 0 Å². The molecule has 0 aliphatic carbocycles. The van der Waals surface area contributed by atoms with Gasteiger partial charge in [0.2, 0.25) is 6.54 Å². The number of rotatable bonds is 2. The summed E-state index contributed by atoms with van der Waals surface area (Å²) in [5.41, 5.74) is 0. The topological polar surface area (TPSA) is 69.4 Å². The summed E-state index contributed by atoms with van der Waals surface area (Å²) >= 11 is 5.96. The third-order valence-corrected chi connectivity index (χ3v) is 3.43. The predicted molar refractivity (Wildman–Crippen MR) is 46.6 cm³/mol. The van der Waals surface area contributed by atoms with Gasteiger partial charge in [0.05, 0.1) is 4.48 Å². The van der Waals surface area contributed by atoms with E-state index in [2.05, 4.69) is 36.6 Å². The summed E-state index contributed by atoms with van der Waals surface area (Å²) in [6, 6.07) is 0. The lowest BCUT2D eigenvalue weighted by Gasteiger charge is -2.03. The number of nitrogens with zero attached hydrogens (tertiary/aromatic N) is 1. The molecule has 0 aromatic carbocycles. The molecule has 1 aliphatic rings. The zero-order valence-electron chi connectivity index (χ0n) is 5.62. The molecule has 0 radical (unpaired) electrons. The first-order valence-electron chi connectivity index (χ1n) is 2.90. The lowest BCUT2D eigenvalue weighted by Crippen LogP contribution is -2.20. The Morgan fingerprint density at radius 1 is 1.58 bits per heavy atom. The Kier molecular flexibility index (Phi) is 2.84. The Balaban J connectivity index is 2.73. The fraction of sp³-hybridized carbons (Fsp3) is 0.400. The SMILES string of the molecule is O=C1O[C@@H](C[N+](=O)[O-])C(Br)=C1Br. The van der Waals surface area contributed by atoms with Crippen LogP contribution >= 0.6 is 31.9 Å². The standard InChI is InChI=1S/C5H3Br2NO4/c6-3-2(1-8(10)11)12-5(9)4(3)7/h2H,1H2/t2-/m0/s1. The van der Waals surface area contributed by atoms with Crippen molar-refractivity contribution in [2.75, 3.05) is 6.54 Å². The Morgan fingerprint density at radius 3 is 2.50 bits per heavy atom. The zero-order chi connectivity index (χ0) is 9.30. The van der Waals surface area contributed by atoms with E-state index >= 15 is 0 Å². The molecule has 1 aliphatic heterocycles. The monoisotopic (exact) mass is 299 g/mol. The van der Waals surface area contributed by atoms with E-state index in [0.29, 0.717) is 4.48 Å². The highest BCUT2D eigenvalue weighted by molar-refractivity contribution is 9.14. The predicted octanol–water partition coefficient (Wildman–Crippen LogP) is 1.19. The second-order valence-electron chi connectivity index (χ2n) is 2.07. The van der Waals surface area contributed by atoms with E-state index < -0.39 is 23.5 Å². The Morgan fingerprint density at radius 2 is 2.17 bits per heavy atom. The van der Waals surface area contributed by atoms with Gasteiger partial charge in [-0.25, -0.2) is 4.79 Å². The maximum atomic E-state index is 10.8. The second kappa shape index (κ2) is 3.53. The number of esters is 1. The minimum Gasteiger partial charge on any atom is -0.446 e. The molecule has 1 atom stereocenters. The van der Waals surface area contributed by atoms with Crippen LogP contribution in [-0.4, -0.2) is 23.5 Å². The molecule has 1 heterocycles. The normalized spacial score (nSPS) is 22.8. The van der Waals surface area contributed by atoms with Crippen LogP contribution in [-0.2, 0) is 9.53 Å². The lowest BCUT2D eigenvalue weighted by atomic mass is 10.3. The first kappa shape index (κ1) is 9.66. The molecule has 0 aromatic heterocycles. The molecule has 0 saturated carbocycles. The lowest BCUT2D eigenvalue weighted by molar-refractivity contribution is -0.487. The van der Waals surface area contributed by atoms with Gasteiger partial charge >= 0.3 is 5.97 Å². The molecule has 0 N–H and O–H groups in total. The highest BCUT2D eigenvalue weighted by Gasteiger charge is 2.34. The van der Waals surface area contributed by atoms with E-state index in [9.17, 15) is 14.9 Å². The van der Waals surface area contributed by atoms with Gasteiger partial charge in [-0.2, -0.15) is 0 Å². The van der Waals surface area contributed by atoms with E-state index in [1.807, 2.05) is 0 Å². The number of cyclic esters (lactones) is 1. The van der Waals surface area contributed by atoms with Crippen molar-refractivity contribution in [1.82, 2.24) is 0 Å². The molecule has 0 bridgehead atoms. The van der Waals surface area contributed by atoms with E-state index in [4.69, 9.17) is 0 Å². The molecular weight excluding hydrogens is 298 g/mol. The summed E-state index contributed by atoms with van der Waals surface area (Å²) in [5, 5.41) is 10.1. The van der Waals surface area contributed by atoms with Crippen LogP contribution in [0, 0.1) is 10.1 Å². The maximum Gasteiger partial charge on any atom is 0.347 e. The van der Waals surface area contributed by atoms with E-state index in [1.54, 1.807) is 0 Å². The van der Waals surface area contributed by atoms with Crippen molar-refractivity contribution in [3.05, 3.63) is 19.1 Å². The van der Waals surface area contributed by atoms with Crippen LogP contribution in [0.5, 0.6) is 0 Å². The second-order valence-corrected chi connectivity index (χ2v) is 3.72. The average Bonchev–Trinajstić information content (AvgIpc) is 2.17. The van der Waals surface area contributed by atoms with Crippen LogP contribution in [0.2, 0.25) is 0 Å².